The highest BCUT2D eigenvalue weighted by Crippen LogP contribution is 2.53. The van der Waals surface area contributed by atoms with Gasteiger partial charge in [-0.05, 0) is 68.5 Å². The van der Waals surface area contributed by atoms with Gasteiger partial charge in [-0.25, -0.2) is 4.98 Å². The van der Waals surface area contributed by atoms with Crippen molar-refractivity contribution < 1.29 is 0 Å². The Morgan fingerprint density at radius 2 is 2.25 bits per heavy atom. The average Bonchev–Trinajstić information content (AvgIpc) is 3.05. The number of nitrogens with two attached hydrogens (primary N) is 1. The Balaban J connectivity index is 1.87. The number of nitrogens with one attached hydrogen (secondary N) is 1. The summed E-state index contributed by atoms with van der Waals surface area (Å²) in [6.45, 7) is 5.39. The second-order valence-corrected chi connectivity index (χ2v) is 6.76. The van der Waals surface area contributed by atoms with Crippen molar-refractivity contribution >= 4 is 5.82 Å². The summed E-state index contributed by atoms with van der Waals surface area (Å²) in [7, 11) is 0. The summed E-state index contributed by atoms with van der Waals surface area (Å²) in [5.74, 6) is 3.34. The minimum absolute atomic E-state index is 0.401. The molecule has 2 aliphatic carbocycles. The normalized spacial score (nSPS) is 29.8. The number of nitrogen functional groups attached to an aromatic ring is 1. The van der Waals surface area contributed by atoms with E-state index in [0.717, 1.165) is 30.7 Å². The highest BCUT2D eigenvalue weighted by atomic mass is 14.9. The van der Waals surface area contributed by atoms with Gasteiger partial charge >= 0.3 is 0 Å². The number of hydrogen-bond acceptors (Lipinski definition) is 3. The van der Waals surface area contributed by atoms with Crippen molar-refractivity contribution in [2.75, 3.05) is 12.3 Å². The van der Waals surface area contributed by atoms with Gasteiger partial charge in [0.25, 0.3) is 0 Å². The molecule has 0 spiro atoms. The summed E-state index contributed by atoms with van der Waals surface area (Å²) in [5, 5.41) is 3.76. The molecule has 20 heavy (non-hydrogen) atoms. The van der Waals surface area contributed by atoms with E-state index in [-0.39, 0.29) is 0 Å². The molecule has 1 heterocycles. The standard InChI is InChI=1S/C17H27N3/c1-3-6-19-16(14-9-12-4-5-13(14)8-12)15-7-11(2)10-20-17(15)18/h7,10,12-14,16,19H,3-6,8-9H2,1-2H3,(H2,18,20). The molecule has 3 rings (SSSR count). The molecule has 3 nitrogen and oxygen atoms in total. The zero-order valence-electron chi connectivity index (χ0n) is 12.7. The SMILES string of the molecule is CCCNC(c1cc(C)cnc1N)C1CC2CCC1C2. The highest BCUT2D eigenvalue weighted by Gasteiger charge is 2.43. The minimum Gasteiger partial charge on any atom is -0.383 e. The molecule has 4 unspecified atom stereocenters. The van der Waals surface area contributed by atoms with Gasteiger partial charge in [-0.3, -0.25) is 0 Å². The fourth-order valence-corrected chi connectivity index (χ4v) is 4.35. The number of pyridine rings is 1. The Morgan fingerprint density at radius 3 is 2.90 bits per heavy atom. The summed E-state index contributed by atoms with van der Waals surface area (Å²) in [4.78, 5) is 4.38. The van der Waals surface area contributed by atoms with Crippen molar-refractivity contribution in [1.29, 1.82) is 0 Å². The summed E-state index contributed by atoms with van der Waals surface area (Å²) < 4.78 is 0. The van der Waals surface area contributed by atoms with E-state index < -0.39 is 0 Å². The van der Waals surface area contributed by atoms with Crippen LogP contribution in [0.15, 0.2) is 12.3 Å². The van der Waals surface area contributed by atoms with Gasteiger partial charge in [0.1, 0.15) is 5.82 Å². The van der Waals surface area contributed by atoms with Crippen LogP contribution in [-0.4, -0.2) is 11.5 Å². The third-order valence-corrected chi connectivity index (χ3v) is 5.26. The summed E-state index contributed by atoms with van der Waals surface area (Å²) in [5.41, 5.74) is 8.62. The first-order valence-corrected chi connectivity index (χ1v) is 8.14. The molecule has 0 aliphatic heterocycles. The molecule has 0 aromatic carbocycles. The number of nitrogens with zero attached hydrogens (tertiary/aromatic N) is 1. The molecule has 1 aromatic rings. The van der Waals surface area contributed by atoms with Gasteiger partial charge in [0.05, 0.1) is 0 Å². The van der Waals surface area contributed by atoms with E-state index in [0.29, 0.717) is 11.9 Å². The largest absolute Gasteiger partial charge is 0.383 e. The predicted molar refractivity (Wildman–Crippen MR) is 83.4 cm³/mol. The molecule has 2 bridgehead atoms. The Morgan fingerprint density at radius 1 is 1.40 bits per heavy atom. The first-order chi connectivity index (χ1) is 9.69. The number of anilines is 1. The average molecular weight is 273 g/mol. The zero-order chi connectivity index (χ0) is 14.1. The van der Waals surface area contributed by atoms with Crippen molar-refractivity contribution in [3.8, 4) is 0 Å². The number of aromatic nitrogens is 1. The molecule has 2 aliphatic rings. The van der Waals surface area contributed by atoms with Crippen LogP contribution in [0.1, 0.15) is 56.2 Å². The molecule has 2 saturated carbocycles. The van der Waals surface area contributed by atoms with Crippen LogP contribution in [0.3, 0.4) is 0 Å². The first kappa shape index (κ1) is 13.9. The Labute approximate surface area is 122 Å². The molecule has 4 atom stereocenters. The quantitative estimate of drug-likeness (QED) is 0.864. The molecule has 3 N–H and O–H groups in total. The van der Waals surface area contributed by atoms with Crippen LogP contribution in [-0.2, 0) is 0 Å². The van der Waals surface area contributed by atoms with Crippen molar-refractivity contribution in [2.45, 2.75) is 52.0 Å². The van der Waals surface area contributed by atoms with E-state index in [9.17, 15) is 0 Å². The number of fused-ring (bicyclic) bond motifs is 2. The fourth-order valence-electron chi connectivity index (χ4n) is 4.35. The molecular weight excluding hydrogens is 246 g/mol. The number of aryl methyl sites for hydroxylation is 1. The molecule has 3 heteroatoms. The lowest BCUT2D eigenvalue weighted by molar-refractivity contribution is 0.251. The lowest BCUT2D eigenvalue weighted by atomic mass is 9.80. The molecule has 1 aromatic heterocycles. The Kier molecular flexibility index (Phi) is 3.97. The second-order valence-electron chi connectivity index (χ2n) is 6.76. The van der Waals surface area contributed by atoms with E-state index in [2.05, 4.69) is 30.2 Å². The van der Waals surface area contributed by atoms with Crippen molar-refractivity contribution in [3.63, 3.8) is 0 Å². The van der Waals surface area contributed by atoms with Crippen LogP contribution in [0.5, 0.6) is 0 Å². The maximum absolute atomic E-state index is 6.18. The highest BCUT2D eigenvalue weighted by molar-refractivity contribution is 5.43. The molecule has 0 saturated heterocycles. The van der Waals surface area contributed by atoms with E-state index in [4.69, 9.17) is 5.73 Å². The molecule has 0 radical (unpaired) electrons. The number of hydrogen-bond donors (Lipinski definition) is 2. The summed E-state index contributed by atoms with van der Waals surface area (Å²) in [6, 6.07) is 2.64. The van der Waals surface area contributed by atoms with Crippen LogP contribution >= 0.6 is 0 Å². The van der Waals surface area contributed by atoms with Crippen LogP contribution in [0, 0.1) is 24.7 Å². The van der Waals surface area contributed by atoms with E-state index in [1.807, 2.05) is 6.20 Å². The van der Waals surface area contributed by atoms with Crippen LogP contribution < -0.4 is 11.1 Å². The third-order valence-electron chi connectivity index (χ3n) is 5.26. The summed E-state index contributed by atoms with van der Waals surface area (Å²) >= 11 is 0. The smallest absolute Gasteiger partial charge is 0.128 e. The van der Waals surface area contributed by atoms with E-state index >= 15 is 0 Å². The van der Waals surface area contributed by atoms with Crippen LogP contribution in [0.4, 0.5) is 5.82 Å². The van der Waals surface area contributed by atoms with Crippen molar-refractivity contribution in [1.82, 2.24) is 10.3 Å². The molecule has 0 amide bonds. The van der Waals surface area contributed by atoms with Gasteiger partial charge in [-0.1, -0.05) is 13.3 Å². The maximum Gasteiger partial charge on any atom is 0.128 e. The first-order valence-electron chi connectivity index (χ1n) is 8.14. The zero-order valence-corrected chi connectivity index (χ0v) is 12.7. The van der Waals surface area contributed by atoms with Crippen LogP contribution in [0.2, 0.25) is 0 Å². The molecule has 110 valence electrons. The van der Waals surface area contributed by atoms with Gasteiger partial charge in [0, 0.05) is 17.8 Å². The van der Waals surface area contributed by atoms with Crippen molar-refractivity contribution in [2.24, 2.45) is 17.8 Å². The lowest BCUT2D eigenvalue weighted by Gasteiger charge is -2.32. The predicted octanol–water partition coefficient (Wildman–Crippen LogP) is 3.45. The molecular formula is C17H27N3. The molecule has 2 fully saturated rings. The van der Waals surface area contributed by atoms with Gasteiger partial charge < -0.3 is 11.1 Å². The van der Waals surface area contributed by atoms with E-state index in [1.165, 1.54) is 36.8 Å². The fraction of sp³-hybridized carbons (Fsp3) is 0.706. The second kappa shape index (κ2) is 5.72. The maximum atomic E-state index is 6.18. The topological polar surface area (TPSA) is 50.9 Å². The van der Waals surface area contributed by atoms with Crippen LogP contribution in [0.25, 0.3) is 0 Å². The van der Waals surface area contributed by atoms with Gasteiger partial charge in [-0.2, -0.15) is 0 Å². The van der Waals surface area contributed by atoms with Gasteiger partial charge in [0.2, 0.25) is 0 Å². The number of rotatable bonds is 5. The van der Waals surface area contributed by atoms with Gasteiger partial charge in [-0.15, -0.1) is 0 Å². The monoisotopic (exact) mass is 273 g/mol. The minimum atomic E-state index is 0.401. The lowest BCUT2D eigenvalue weighted by Crippen LogP contribution is -2.32. The Hall–Kier alpha value is -1.09. The van der Waals surface area contributed by atoms with Gasteiger partial charge in [0.15, 0.2) is 0 Å². The van der Waals surface area contributed by atoms with E-state index in [1.54, 1.807) is 0 Å². The Bertz CT molecular complexity index is 471. The van der Waals surface area contributed by atoms with Crippen molar-refractivity contribution in [3.05, 3.63) is 23.4 Å². The summed E-state index contributed by atoms with van der Waals surface area (Å²) in [6.07, 6.45) is 8.71. The third kappa shape index (κ3) is 2.56.